The number of hydrogen-bond acceptors (Lipinski definition) is 3. The number of methoxy groups -OCH3 is 1. The zero-order valence-electron chi connectivity index (χ0n) is 12.0. The first-order valence-electron chi connectivity index (χ1n) is 7.15. The van der Waals surface area contributed by atoms with Crippen molar-refractivity contribution in [2.24, 2.45) is 0 Å². The highest BCUT2D eigenvalue weighted by molar-refractivity contribution is 5.92. The maximum atomic E-state index is 12.6. The lowest BCUT2D eigenvalue weighted by atomic mass is 10.0. The van der Waals surface area contributed by atoms with E-state index < -0.39 is 0 Å². The van der Waals surface area contributed by atoms with Gasteiger partial charge in [-0.15, -0.1) is 0 Å². The monoisotopic (exact) mass is 285 g/mol. The van der Waals surface area contributed by atoms with Gasteiger partial charge in [0.2, 0.25) is 0 Å². The van der Waals surface area contributed by atoms with E-state index in [9.17, 15) is 4.79 Å². The van der Waals surface area contributed by atoms with Gasteiger partial charge in [-0.2, -0.15) is 0 Å². The first-order chi connectivity index (χ1) is 10.3. The molecule has 2 atom stereocenters. The standard InChI is InChI=1S/C16H19N3O2/c1-21-15-6-9-19(16(20)13-5-3-8-18-13)14(15)10-12-4-2-7-17-11-12/h2-5,7-8,11,14-15,18H,6,9-10H2,1H3/t14-,15-/m1/s1. The van der Waals surface area contributed by atoms with Crippen LogP contribution in [0.2, 0.25) is 0 Å². The van der Waals surface area contributed by atoms with Crippen molar-refractivity contribution in [2.45, 2.75) is 25.0 Å². The Labute approximate surface area is 124 Å². The van der Waals surface area contributed by atoms with Crippen LogP contribution in [0.1, 0.15) is 22.5 Å². The highest BCUT2D eigenvalue weighted by atomic mass is 16.5. The number of carbonyl (C=O) groups excluding carboxylic acids is 1. The maximum Gasteiger partial charge on any atom is 0.270 e. The molecule has 0 spiro atoms. The fourth-order valence-corrected chi connectivity index (χ4v) is 2.97. The molecule has 0 aliphatic carbocycles. The van der Waals surface area contributed by atoms with Crippen LogP contribution in [-0.2, 0) is 11.2 Å². The molecule has 5 heteroatoms. The molecular formula is C16H19N3O2. The summed E-state index contributed by atoms with van der Waals surface area (Å²) in [6.07, 6.45) is 7.08. The SMILES string of the molecule is CO[C@@H]1CCN(C(=O)c2ccc[nH]2)[C@@H]1Cc1cccnc1. The summed E-state index contributed by atoms with van der Waals surface area (Å²) in [5, 5.41) is 0. The van der Waals surface area contributed by atoms with Gasteiger partial charge in [-0.25, -0.2) is 0 Å². The summed E-state index contributed by atoms with van der Waals surface area (Å²) in [6.45, 7) is 0.724. The summed E-state index contributed by atoms with van der Waals surface area (Å²) in [4.78, 5) is 21.6. The number of aromatic nitrogens is 2. The van der Waals surface area contributed by atoms with Crippen LogP contribution in [0.4, 0.5) is 0 Å². The van der Waals surface area contributed by atoms with E-state index in [0.29, 0.717) is 5.69 Å². The molecule has 21 heavy (non-hydrogen) atoms. The van der Waals surface area contributed by atoms with Crippen molar-refractivity contribution < 1.29 is 9.53 Å². The predicted octanol–water partition coefficient (Wildman–Crippen LogP) is 1.88. The molecule has 0 unspecified atom stereocenters. The normalized spacial score (nSPS) is 21.7. The summed E-state index contributed by atoms with van der Waals surface area (Å²) < 4.78 is 5.57. The Balaban J connectivity index is 1.80. The average Bonchev–Trinajstić information content (AvgIpc) is 3.17. The van der Waals surface area contributed by atoms with Crippen molar-refractivity contribution in [3.63, 3.8) is 0 Å². The molecule has 0 aromatic carbocycles. The molecule has 3 heterocycles. The molecule has 110 valence electrons. The molecule has 5 nitrogen and oxygen atoms in total. The molecule has 1 aliphatic heterocycles. The van der Waals surface area contributed by atoms with Crippen LogP contribution in [0.15, 0.2) is 42.9 Å². The Bertz CT molecular complexity index is 583. The summed E-state index contributed by atoms with van der Waals surface area (Å²) >= 11 is 0. The summed E-state index contributed by atoms with van der Waals surface area (Å²) in [5.41, 5.74) is 1.75. The lowest BCUT2D eigenvalue weighted by Crippen LogP contribution is -2.41. The molecule has 1 aliphatic rings. The van der Waals surface area contributed by atoms with E-state index in [2.05, 4.69) is 9.97 Å². The molecular weight excluding hydrogens is 266 g/mol. The van der Waals surface area contributed by atoms with Crippen molar-refractivity contribution in [2.75, 3.05) is 13.7 Å². The van der Waals surface area contributed by atoms with E-state index in [4.69, 9.17) is 4.74 Å². The van der Waals surface area contributed by atoms with Crippen LogP contribution in [0.25, 0.3) is 0 Å². The third kappa shape index (κ3) is 2.83. The lowest BCUT2D eigenvalue weighted by molar-refractivity contribution is 0.0505. The Hall–Kier alpha value is -2.14. The Kier molecular flexibility index (Phi) is 4.01. The minimum atomic E-state index is 0.0356. The fraction of sp³-hybridized carbons (Fsp3) is 0.375. The lowest BCUT2D eigenvalue weighted by Gasteiger charge is -2.27. The van der Waals surface area contributed by atoms with Gasteiger partial charge < -0.3 is 14.6 Å². The fourth-order valence-electron chi connectivity index (χ4n) is 2.97. The topological polar surface area (TPSA) is 58.2 Å². The summed E-state index contributed by atoms with van der Waals surface area (Å²) in [6, 6.07) is 7.66. The van der Waals surface area contributed by atoms with E-state index in [1.54, 1.807) is 19.5 Å². The van der Waals surface area contributed by atoms with Gasteiger partial charge in [0.15, 0.2) is 0 Å². The van der Waals surface area contributed by atoms with Gasteiger partial charge in [0, 0.05) is 32.2 Å². The van der Waals surface area contributed by atoms with Crippen LogP contribution in [0.5, 0.6) is 0 Å². The third-order valence-electron chi connectivity index (χ3n) is 4.04. The smallest absolute Gasteiger partial charge is 0.270 e. The Morgan fingerprint density at radius 3 is 3.05 bits per heavy atom. The van der Waals surface area contributed by atoms with Gasteiger partial charge in [0.05, 0.1) is 12.1 Å². The molecule has 2 aromatic rings. The van der Waals surface area contributed by atoms with Crippen LogP contribution in [0.3, 0.4) is 0 Å². The number of nitrogens with one attached hydrogen (secondary N) is 1. The van der Waals surface area contributed by atoms with Crippen molar-refractivity contribution in [3.05, 3.63) is 54.1 Å². The molecule has 1 fully saturated rings. The highest BCUT2D eigenvalue weighted by Crippen LogP contribution is 2.25. The minimum absolute atomic E-state index is 0.0356. The van der Waals surface area contributed by atoms with E-state index in [0.717, 1.165) is 24.9 Å². The van der Waals surface area contributed by atoms with Crippen molar-refractivity contribution >= 4 is 5.91 Å². The molecule has 0 saturated carbocycles. The predicted molar refractivity (Wildman–Crippen MR) is 79.0 cm³/mol. The van der Waals surface area contributed by atoms with E-state index in [1.807, 2.05) is 35.4 Å². The molecule has 3 rings (SSSR count). The van der Waals surface area contributed by atoms with E-state index in [1.165, 1.54) is 0 Å². The molecule has 0 bridgehead atoms. The van der Waals surface area contributed by atoms with Gasteiger partial charge >= 0.3 is 0 Å². The van der Waals surface area contributed by atoms with Crippen molar-refractivity contribution in [1.29, 1.82) is 0 Å². The maximum absolute atomic E-state index is 12.6. The second-order valence-electron chi connectivity index (χ2n) is 5.28. The number of rotatable bonds is 4. The third-order valence-corrected chi connectivity index (χ3v) is 4.04. The van der Waals surface area contributed by atoms with Crippen LogP contribution < -0.4 is 0 Å². The summed E-state index contributed by atoms with van der Waals surface area (Å²) in [7, 11) is 1.71. The number of carbonyl (C=O) groups is 1. The quantitative estimate of drug-likeness (QED) is 0.933. The molecule has 1 saturated heterocycles. The van der Waals surface area contributed by atoms with E-state index >= 15 is 0 Å². The van der Waals surface area contributed by atoms with Crippen molar-refractivity contribution in [1.82, 2.24) is 14.9 Å². The van der Waals surface area contributed by atoms with Gasteiger partial charge in [-0.1, -0.05) is 6.07 Å². The molecule has 0 radical (unpaired) electrons. The van der Waals surface area contributed by atoms with Gasteiger partial charge in [-0.3, -0.25) is 9.78 Å². The Morgan fingerprint density at radius 2 is 2.38 bits per heavy atom. The van der Waals surface area contributed by atoms with E-state index in [-0.39, 0.29) is 18.1 Å². The first kappa shape index (κ1) is 13.8. The number of nitrogens with zero attached hydrogens (tertiary/aromatic N) is 2. The summed E-state index contributed by atoms with van der Waals surface area (Å²) in [5.74, 6) is 0.0356. The minimum Gasteiger partial charge on any atom is -0.379 e. The zero-order chi connectivity index (χ0) is 14.7. The molecule has 1 amide bonds. The van der Waals surface area contributed by atoms with Gasteiger partial charge in [0.1, 0.15) is 5.69 Å². The van der Waals surface area contributed by atoms with Crippen LogP contribution >= 0.6 is 0 Å². The average molecular weight is 285 g/mol. The first-order valence-corrected chi connectivity index (χ1v) is 7.15. The van der Waals surface area contributed by atoms with Gasteiger partial charge in [0.25, 0.3) is 5.91 Å². The Morgan fingerprint density at radius 1 is 1.48 bits per heavy atom. The second kappa shape index (κ2) is 6.10. The molecule has 2 aromatic heterocycles. The number of H-pyrrole nitrogens is 1. The largest absolute Gasteiger partial charge is 0.379 e. The highest BCUT2D eigenvalue weighted by Gasteiger charge is 2.37. The number of likely N-dealkylation sites (tertiary alicyclic amines) is 1. The van der Waals surface area contributed by atoms with Crippen LogP contribution in [0, 0.1) is 0 Å². The zero-order valence-corrected chi connectivity index (χ0v) is 12.0. The number of aromatic amines is 1. The van der Waals surface area contributed by atoms with Gasteiger partial charge in [-0.05, 0) is 36.6 Å². The van der Waals surface area contributed by atoms with Crippen molar-refractivity contribution in [3.8, 4) is 0 Å². The second-order valence-corrected chi connectivity index (χ2v) is 5.28. The number of hydrogen-bond donors (Lipinski definition) is 1. The molecule has 1 N–H and O–H groups in total. The number of amides is 1. The number of pyridine rings is 1. The number of ether oxygens (including phenoxy) is 1. The van der Waals surface area contributed by atoms with Crippen LogP contribution in [-0.4, -0.2) is 46.6 Å².